The fourth-order valence-electron chi connectivity index (χ4n) is 4.66. The third-order valence-electron chi connectivity index (χ3n) is 6.85. The van der Waals surface area contributed by atoms with Gasteiger partial charge < -0.3 is 19.4 Å². The lowest BCUT2D eigenvalue weighted by molar-refractivity contribution is -0.274. The molecule has 3 fully saturated rings. The van der Waals surface area contributed by atoms with Crippen molar-refractivity contribution in [3.63, 3.8) is 0 Å². The fraction of sp³-hybridized carbons (Fsp3) is 0.417. The number of likely N-dealkylation sites (N-methyl/N-ethyl adjacent to an activating group) is 1. The largest absolute Gasteiger partial charge is 0.573 e. The number of imide groups is 1. The normalized spacial score (nSPS) is 19.8. The number of urea groups is 1. The van der Waals surface area contributed by atoms with Gasteiger partial charge in [0.15, 0.2) is 0 Å². The Morgan fingerprint density at radius 1 is 1.06 bits per heavy atom. The van der Waals surface area contributed by atoms with Crippen LogP contribution in [0.1, 0.15) is 28.8 Å². The van der Waals surface area contributed by atoms with Gasteiger partial charge in [-0.1, -0.05) is 0 Å². The second-order valence-electron chi connectivity index (χ2n) is 9.21. The summed E-state index contributed by atoms with van der Waals surface area (Å²) in [4.78, 5) is 50.3. The van der Waals surface area contributed by atoms with Gasteiger partial charge in [0.1, 0.15) is 11.3 Å². The van der Waals surface area contributed by atoms with Gasteiger partial charge >= 0.3 is 12.4 Å². The van der Waals surface area contributed by atoms with Crippen LogP contribution in [-0.4, -0.2) is 82.7 Å². The minimum absolute atomic E-state index is 0.0354. The molecule has 12 heteroatoms. The quantitative estimate of drug-likeness (QED) is 0.584. The molecule has 0 unspecified atom stereocenters. The lowest BCUT2D eigenvalue weighted by Crippen LogP contribution is -2.47. The van der Waals surface area contributed by atoms with Crippen molar-refractivity contribution in [2.24, 2.45) is 0 Å². The van der Waals surface area contributed by atoms with Crippen molar-refractivity contribution in [2.45, 2.75) is 31.3 Å². The molecule has 1 aliphatic carbocycles. The van der Waals surface area contributed by atoms with E-state index in [1.807, 2.05) is 7.05 Å². The van der Waals surface area contributed by atoms with Crippen molar-refractivity contribution in [3.05, 3.63) is 53.9 Å². The maximum absolute atomic E-state index is 13.4. The number of ether oxygens (including phenoxy) is 1. The van der Waals surface area contributed by atoms with E-state index < -0.39 is 29.6 Å². The summed E-state index contributed by atoms with van der Waals surface area (Å²) < 4.78 is 41.3. The molecule has 5 rings (SSSR count). The number of rotatable bonds is 5. The highest BCUT2D eigenvalue weighted by Crippen LogP contribution is 2.50. The second-order valence-corrected chi connectivity index (χ2v) is 9.21. The number of hydrogen-bond donors (Lipinski definition) is 0. The van der Waals surface area contributed by atoms with E-state index in [0.29, 0.717) is 37.1 Å². The molecular formula is C24H24F3N5O4. The molecule has 0 radical (unpaired) electrons. The molecule has 1 aromatic heterocycles. The number of anilines is 1. The molecular weight excluding hydrogens is 479 g/mol. The topological polar surface area (TPSA) is 86.3 Å². The maximum Gasteiger partial charge on any atom is 0.573 e. The van der Waals surface area contributed by atoms with E-state index in [9.17, 15) is 27.6 Å². The van der Waals surface area contributed by atoms with Crippen LogP contribution in [0.2, 0.25) is 0 Å². The third kappa shape index (κ3) is 4.36. The van der Waals surface area contributed by atoms with Crippen molar-refractivity contribution in [1.29, 1.82) is 0 Å². The van der Waals surface area contributed by atoms with Crippen LogP contribution in [0, 0.1) is 0 Å². The van der Waals surface area contributed by atoms with E-state index >= 15 is 0 Å². The zero-order valence-corrected chi connectivity index (χ0v) is 19.5. The lowest BCUT2D eigenvalue weighted by Gasteiger charge is -2.33. The van der Waals surface area contributed by atoms with Crippen LogP contribution < -0.4 is 9.64 Å². The van der Waals surface area contributed by atoms with E-state index in [0.717, 1.165) is 30.1 Å². The molecule has 4 amide bonds. The van der Waals surface area contributed by atoms with Crippen LogP contribution in [-0.2, 0) is 11.3 Å². The fourth-order valence-corrected chi connectivity index (χ4v) is 4.66. The number of alkyl halides is 3. The molecule has 0 bridgehead atoms. The smallest absolute Gasteiger partial charge is 0.406 e. The highest BCUT2D eigenvalue weighted by molar-refractivity contribution is 6.24. The zero-order valence-electron chi connectivity index (χ0n) is 19.5. The molecule has 1 saturated carbocycles. The van der Waals surface area contributed by atoms with Crippen LogP contribution in [0.15, 0.2) is 42.7 Å². The molecule has 1 spiro atoms. The van der Waals surface area contributed by atoms with Crippen molar-refractivity contribution >= 4 is 23.5 Å². The molecule has 1 aromatic carbocycles. The third-order valence-corrected chi connectivity index (χ3v) is 6.85. The predicted octanol–water partition coefficient (Wildman–Crippen LogP) is 2.87. The van der Waals surface area contributed by atoms with E-state index in [4.69, 9.17) is 0 Å². The average molecular weight is 503 g/mol. The van der Waals surface area contributed by atoms with Gasteiger partial charge in [-0.25, -0.2) is 9.69 Å². The van der Waals surface area contributed by atoms with Crippen LogP contribution >= 0.6 is 0 Å². The monoisotopic (exact) mass is 503 g/mol. The number of aromatic nitrogens is 1. The van der Waals surface area contributed by atoms with Gasteiger partial charge in [-0.05, 0) is 55.8 Å². The van der Waals surface area contributed by atoms with Gasteiger partial charge in [0.2, 0.25) is 0 Å². The number of nitrogens with zero attached hydrogens (tertiary/aromatic N) is 5. The Morgan fingerprint density at radius 3 is 2.33 bits per heavy atom. The molecule has 0 N–H and O–H groups in total. The molecule has 3 heterocycles. The van der Waals surface area contributed by atoms with Crippen LogP contribution in [0.25, 0.3) is 0 Å². The van der Waals surface area contributed by atoms with Crippen LogP contribution in [0.4, 0.5) is 23.7 Å². The number of halogens is 3. The summed E-state index contributed by atoms with van der Waals surface area (Å²) in [6.07, 6.45) is -0.893. The summed E-state index contributed by atoms with van der Waals surface area (Å²) >= 11 is 0. The summed E-state index contributed by atoms with van der Waals surface area (Å²) in [5.74, 6) is -1.06. The van der Waals surface area contributed by atoms with E-state index in [1.54, 1.807) is 11.0 Å². The first-order valence-electron chi connectivity index (χ1n) is 11.5. The minimum Gasteiger partial charge on any atom is -0.406 e. The van der Waals surface area contributed by atoms with Crippen molar-refractivity contribution in [1.82, 2.24) is 19.7 Å². The first-order chi connectivity index (χ1) is 17.1. The Hall–Kier alpha value is -3.67. The van der Waals surface area contributed by atoms with Gasteiger partial charge in [-0.15, -0.1) is 13.2 Å². The maximum atomic E-state index is 13.4. The van der Waals surface area contributed by atoms with E-state index in [2.05, 4.69) is 14.6 Å². The zero-order chi connectivity index (χ0) is 25.7. The first kappa shape index (κ1) is 24.0. The molecule has 0 atom stereocenters. The van der Waals surface area contributed by atoms with Crippen molar-refractivity contribution in [3.8, 4) is 5.75 Å². The number of pyridine rings is 1. The SMILES string of the molecule is CN1CCN(C(=O)c2cnccc2CN2C(=O)N(c3ccc(OC(F)(F)F)cc3)C(=O)C23CC3)CC1. The number of carbonyl (C=O) groups excluding carboxylic acids is 3. The Bertz CT molecular complexity index is 1190. The molecule has 36 heavy (non-hydrogen) atoms. The average Bonchev–Trinajstić information content (AvgIpc) is 3.61. The van der Waals surface area contributed by atoms with Gasteiger partial charge in [-0.2, -0.15) is 0 Å². The summed E-state index contributed by atoms with van der Waals surface area (Å²) in [6.45, 7) is 2.71. The molecule has 3 aliphatic rings. The minimum atomic E-state index is -4.85. The van der Waals surface area contributed by atoms with Gasteiger partial charge in [0.25, 0.3) is 11.8 Å². The van der Waals surface area contributed by atoms with Crippen LogP contribution in [0.3, 0.4) is 0 Å². The molecule has 190 valence electrons. The Morgan fingerprint density at radius 2 is 1.72 bits per heavy atom. The predicted molar refractivity (Wildman–Crippen MR) is 121 cm³/mol. The van der Waals surface area contributed by atoms with Gasteiger partial charge in [0, 0.05) is 45.1 Å². The Kier molecular flexibility index (Phi) is 5.86. The number of hydrogen-bond acceptors (Lipinski definition) is 6. The number of carbonyl (C=O) groups is 3. The molecule has 2 aromatic rings. The second kappa shape index (κ2) is 8.77. The Labute approximate surface area is 205 Å². The number of amides is 4. The molecule has 2 saturated heterocycles. The van der Waals surface area contributed by atoms with Crippen molar-refractivity contribution < 1.29 is 32.3 Å². The first-order valence-corrected chi connectivity index (χ1v) is 11.5. The van der Waals surface area contributed by atoms with Crippen molar-refractivity contribution in [2.75, 3.05) is 38.1 Å². The summed E-state index contributed by atoms with van der Waals surface area (Å²) in [6, 6.07) is 5.68. The van der Waals surface area contributed by atoms with Crippen LogP contribution in [0.5, 0.6) is 5.75 Å². The van der Waals surface area contributed by atoms with Gasteiger partial charge in [-0.3, -0.25) is 14.6 Å². The summed E-state index contributed by atoms with van der Waals surface area (Å²) in [5.41, 5.74) is 0.0921. The standard InChI is InChI=1S/C24H24F3N5O4/c1-29-10-12-30(13-11-29)20(33)19-14-28-9-6-16(19)15-31-22(35)32(21(34)23(31)7-8-23)17-2-4-18(5-3-17)36-24(25,26)27/h2-6,9,14H,7-8,10-13,15H2,1H3. The summed E-state index contributed by atoms with van der Waals surface area (Å²) in [5, 5.41) is 0. The highest BCUT2D eigenvalue weighted by Gasteiger charge is 2.65. The highest BCUT2D eigenvalue weighted by atomic mass is 19.4. The van der Waals surface area contributed by atoms with Gasteiger partial charge in [0.05, 0.1) is 11.3 Å². The molecule has 9 nitrogen and oxygen atoms in total. The number of benzene rings is 1. The molecule has 2 aliphatic heterocycles. The number of piperazine rings is 1. The lowest BCUT2D eigenvalue weighted by atomic mass is 10.1. The van der Waals surface area contributed by atoms with E-state index in [1.165, 1.54) is 29.4 Å². The summed E-state index contributed by atoms with van der Waals surface area (Å²) in [7, 11) is 1.99. The van der Waals surface area contributed by atoms with E-state index in [-0.39, 0.29) is 18.1 Å². The Balaban J connectivity index is 1.38.